The highest BCUT2D eigenvalue weighted by atomic mass is 31.1. The van der Waals surface area contributed by atoms with Crippen molar-refractivity contribution >= 4 is 15.6 Å². The molecule has 6 unspecified atom stereocenters. The molecule has 0 bridgehead atoms. The Morgan fingerprint density at radius 1 is 0.611 bits per heavy atom. The molecule has 4 rings (SSSR count). The van der Waals surface area contributed by atoms with Crippen LogP contribution in [0.5, 0.6) is 11.5 Å². The molecule has 2 saturated carbocycles. The van der Waals surface area contributed by atoms with E-state index in [0.717, 1.165) is 50.0 Å². The van der Waals surface area contributed by atoms with Gasteiger partial charge in [0, 0.05) is 23.6 Å². The van der Waals surface area contributed by atoms with Crippen molar-refractivity contribution in [1.82, 2.24) is 0 Å². The lowest BCUT2D eigenvalue weighted by Crippen LogP contribution is -2.26. The van der Waals surface area contributed by atoms with Crippen molar-refractivity contribution in [2.24, 2.45) is 11.8 Å². The lowest BCUT2D eigenvalue weighted by Gasteiger charge is -2.33. The molecule has 0 aliphatic heterocycles. The molecule has 2 fully saturated rings. The van der Waals surface area contributed by atoms with E-state index in [0.29, 0.717) is 35.5 Å². The maximum absolute atomic E-state index is 13.6. The second kappa shape index (κ2) is 13.9. The van der Waals surface area contributed by atoms with E-state index in [1.165, 1.54) is 36.8 Å². The zero-order chi connectivity index (χ0) is 25.3. The first-order chi connectivity index (χ1) is 17.6. The number of benzene rings is 2. The molecule has 2 aromatic carbocycles. The summed E-state index contributed by atoms with van der Waals surface area (Å²) in [4.78, 5) is 0. The maximum atomic E-state index is 13.6. The standard InChI is InChI=1S/C30H44O4P2/c1-33-27-15-11-23(12-16-27)21-25-7-3-5-9-29(25)35(31)19-20-36(32)30-10-6-4-8-26(30)22-24-13-17-28(34-2)18-14-24/h11-18,25-26,29-30,35-36H,3-10,19-22H2,1-2H3. The van der Waals surface area contributed by atoms with Crippen LogP contribution in [0.2, 0.25) is 0 Å². The number of hydrogen-bond acceptors (Lipinski definition) is 4. The fourth-order valence-electron chi connectivity index (χ4n) is 6.50. The molecule has 0 heterocycles. The summed E-state index contributed by atoms with van der Waals surface area (Å²) >= 11 is 0. The van der Waals surface area contributed by atoms with Crippen LogP contribution >= 0.6 is 15.6 Å². The Bertz CT molecular complexity index is 908. The van der Waals surface area contributed by atoms with E-state index >= 15 is 0 Å². The quantitative estimate of drug-likeness (QED) is 0.279. The van der Waals surface area contributed by atoms with Crippen molar-refractivity contribution in [2.75, 3.05) is 26.5 Å². The lowest BCUT2D eigenvalue weighted by atomic mass is 9.84. The van der Waals surface area contributed by atoms with Crippen LogP contribution in [-0.4, -0.2) is 37.9 Å². The molecule has 2 aliphatic rings. The SMILES string of the molecule is COc1ccc(CC2CCCCC2[PH](=O)CC[PH](=O)C2CCCCC2Cc2ccc(OC)cc2)cc1. The second-order valence-corrected chi connectivity index (χ2v) is 15.2. The minimum absolute atomic E-state index is 0.308. The van der Waals surface area contributed by atoms with Gasteiger partial charge < -0.3 is 18.6 Å². The van der Waals surface area contributed by atoms with Gasteiger partial charge in [-0.05, 0) is 85.8 Å². The molecule has 36 heavy (non-hydrogen) atoms. The van der Waals surface area contributed by atoms with E-state index in [2.05, 4.69) is 24.3 Å². The fourth-order valence-corrected chi connectivity index (χ4v) is 11.9. The molecule has 0 N–H and O–H groups in total. The van der Waals surface area contributed by atoms with Crippen molar-refractivity contribution in [3.05, 3.63) is 59.7 Å². The summed E-state index contributed by atoms with van der Waals surface area (Å²) in [5, 5.41) is 0. The van der Waals surface area contributed by atoms with Gasteiger partial charge in [0.1, 0.15) is 11.5 Å². The number of ether oxygens (including phenoxy) is 2. The summed E-state index contributed by atoms with van der Waals surface area (Å²) in [6.45, 7) is 0. The normalized spacial score (nSPS) is 26.2. The van der Waals surface area contributed by atoms with Crippen LogP contribution in [-0.2, 0) is 22.0 Å². The van der Waals surface area contributed by atoms with Crippen molar-refractivity contribution in [3.63, 3.8) is 0 Å². The Hall–Kier alpha value is -1.50. The van der Waals surface area contributed by atoms with Crippen LogP contribution in [0.3, 0.4) is 0 Å². The summed E-state index contributed by atoms with van der Waals surface area (Å²) in [6, 6.07) is 16.7. The average Bonchev–Trinajstić information content (AvgIpc) is 2.93. The number of methoxy groups -OCH3 is 2. The maximum Gasteiger partial charge on any atom is 0.118 e. The molecule has 6 atom stereocenters. The number of rotatable bonds is 11. The molecule has 0 aromatic heterocycles. The van der Waals surface area contributed by atoms with E-state index in [-0.39, 0.29) is 0 Å². The first-order valence-corrected chi connectivity index (χ1v) is 17.3. The molecular formula is C30H44O4P2. The zero-order valence-electron chi connectivity index (χ0n) is 22.0. The Morgan fingerprint density at radius 2 is 0.972 bits per heavy atom. The molecule has 0 radical (unpaired) electrons. The molecule has 4 nitrogen and oxygen atoms in total. The summed E-state index contributed by atoms with van der Waals surface area (Å²) < 4.78 is 37.7. The third-order valence-corrected chi connectivity index (χ3v) is 13.7. The summed E-state index contributed by atoms with van der Waals surface area (Å²) in [7, 11) is -0.112. The van der Waals surface area contributed by atoms with Crippen LogP contribution in [0, 0.1) is 11.8 Å². The van der Waals surface area contributed by atoms with Crippen LogP contribution in [0.25, 0.3) is 0 Å². The average molecular weight is 531 g/mol. The van der Waals surface area contributed by atoms with Crippen molar-refractivity contribution in [2.45, 2.75) is 75.5 Å². The second-order valence-electron chi connectivity index (χ2n) is 10.8. The molecular weight excluding hydrogens is 486 g/mol. The van der Waals surface area contributed by atoms with Gasteiger partial charge >= 0.3 is 0 Å². The van der Waals surface area contributed by atoms with Gasteiger partial charge in [-0.2, -0.15) is 0 Å². The Labute approximate surface area is 219 Å². The predicted octanol–water partition coefficient (Wildman–Crippen LogP) is 7.73. The highest BCUT2D eigenvalue weighted by Gasteiger charge is 2.32. The van der Waals surface area contributed by atoms with E-state index in [1.54, 1.807) is 14.2 Å². The van der Waals surface area contributed by atoms with Gasteiger partial charge in [0.05, 0.1) is 29.8 Å². The van der Waals surface area contributed by atoms with Gasteiger partial charge in [-0.15, -0.1) is 0 Å². The van der Waals surface area contributed by atoms with E-state index in [9.17, 15) is 9.13 Å². The highest BCUT2D eigenvalue weighted by molar-refractivity contribution is 7.49. The molecule has 0 amide bonds. The minimum Gasteiger partial charge on any atom is -0.497 e. The van der Waals surface area contributed by atoms with Gasteiger partial charge in [0.15, 0.2) is 0 Å². The van der Waals surface area contributed by atoms with Crippen molar-refractivity contribution in [1.29, 1.82) is 0 Å². The minimum atomic E-state index is -1.75. The van der Waals surface area contributed by atoms with E-state index < -0.39 is 15.6 Å². The van der Waals surface area contributed by atoms with E-state index in [1.807, 2.05) is 24.3 Å². The van der Waals surface area contributed by atoms with Gasteiger partial charge in [-0.3, -0.25) is 0 Å². The Balaban J connectivity index is 1.32. The number of hydrogen-bond donors (Lipinski definition) is 0. The first-order valence-electron chi connectivity index (χ1n) is 13.9. The molecule has 198 valence electrons. The smallest absolute Gasteiger partial charge is 0.118 e. The Kier molecular flexibility index (Phi) is 10.6. The molecule has 2 aliphatic carbocycles. The Morgan fingerprint density at radius 3 is 1.33 bits per heavy atom. The predicted molar refractivity (Wildman–Crippen MR) is 153 cm³/mol. The largest absolute Gasteiger partial charge is 0.497 e. The molecule has 6 heteroatoms. The van der Waals surface area contributed by atoms with Gasteiger partial charge in [0.2, 0.25) is 0 Å². The van der Waals surface area contributed by atoms with Gasteiger partial charge in [-0.25, -0.2) is 0 Å². The van der Waals surface area contributed by atoms with Crippen LogP contribution in [0.15, 0.2) is 48.5 Å². The van der Waals surface area contributed by atoms with Crippen LogP contribution < -0.4 is 9.47 Å². The summed E-state index contributed by atoms with van der Waals surface area (Å²) in [6.07, 6.45) is 12.6. The monoisotopic (exact) mass is 530 g/mol. The topological polar surface area (TPSA) is 52.6 Å². The van der Waals surface area contributed by atoms with Gasteiger partial charge in [0.25, 0.3) is 0 Å². The summed E-state index contributed by atoms with van der Waals surface area (Å²) in [5.74, 6) is 2.73. The fraction of sp³-hybridized carbons (Fsp3) is 0.600. The third kappa shape index (κ3) is 7.52. The molecule has 0 spiro atoms. The van der Waals surface area contributed by atoms with Crippen molar-refractivity contribution in [3.8, 4) is 11.5 Å². The summed E-state index contributed by atoms with van der Waals surface area (Å²) in [5.41, 5.74) is 3.23. The van der Waals surface area contributed by atoms with Crippen LogP contribution in [0.4, 0.5) is 0 Å². The molecule has 2 aromatic rings. The third-order valence-electron chi connectivity index (χ3n) is 8.58. The van der Waals surface area contributed by atoms with Crippen LogP contribution in [0.1, 0.15) is 62.5 Å². The van der Waals surface area contributed by atoms with Gasteiger partial charge in [-0.1, -0.05) is 49.9 Å². The van der Waals surface area contributed by atoms with Crippen molar-refractivity contribution < 1.29 is 18.6 Å². The highest BCUT2D eigenvalue weighted by Crippen LogP contribution is 2.48. The lowest BCUT2D eigenvalue weighted by molar-refractivity contribution is 0.356. The zero-order valence-corrected chi connectivity index (χ0v) is 24.0. The molecule has 0 saturated heterocycles. The first kappa shape index (κ1) is 27.5. The van der Waals surface area contributed by atoms with E-state index in [4.69, 9.17) is 9.47 Å².